The van der Waals surface area contributed by atoms with Gasteiger partial charge in [0.2, 0.25) is 0 Å². The Hall–Kier alpha value is -15.1. The first-order chi connectivity index (χ1) is 55.6. The number of hydrogen-bond donors (Lipinski definition) is 0. The van der Waals surface area contributed by atoms with Gasteiger partial charge in [-0.2, -0.15) is 0 Å². The summed E-state index contributed by atoms with van der Waals surface area (Å²) in [6.45, 7) is 0. The van der Waals surface area contributed by atoms with E-state index in [1.807, 2.05) is 49.1 Å². The number of rotatable bonds is 6. The summed E-state index contributed by atoms with van der Waals surface area (Å²) in [6.07, 6.45) is 7.57. The van der Waals surface area contributed by atoms with Crippen LogP contribution in [0, 0.1) is 0 Å². The molecule has 0 saturated carbocycles. The highest BCUT2D eigenvalue weighted by Gasteiger charge is 2.28. The van der Waals surface area contributed by atoms with E-state index in [1.54, 1.807) is 0 Å². The Labute approximate surface area is 644 Å². The van der Waals surface area contributed by atoms with Crippen molar-refractivity contribution in [1.29, 1.82) is 0 Å². The van der Waals surface area contributed by atoms with E-state index in [0.29, 0.717) is 0 Å². The quantitative estimate of drug-likeness (QED) is 0.166. The molecule has 22 aromatic rings. The molecule has 2 aliphatic carbocycles. The fourth-order valence-electron chi connectivity index (χ4n) is 18.4. The summed E-state index contributed by atoms with van der Waals surface area (Å²) < 4.78 is 9.28. The van der Waals surface area contributed by atoms with Gasteiger partial charge in [-0.1, -0.05) is 249 Å². The summed E-state index contributed by atoms with van der Waals surface area (Å²) in [5, 5.41) is 9.22. The molecule has 0 aliphatic heterocycles. The molecule has 0 atom stereocenters. The molecule has 8 aromatic heterocycles. The van der Waals surface area contributed by atoms with E-state index in [0.717, 1.165) is 111 Å². The van der Waals surface area contributed by atoms with Crippen LogP contribution in [0.4, 0.5) is 0 Å². The molecule has 0 N–H and O–H groups in total. The van der Waals surface area contributed by atoms with Gasteiger partial charge in [0.15, 0.2) is 0 Å². The third-order valence-electron chi connectivity index (χ3n) is 23.2. The van der Waals surface area contributed by atoms with Crippen molar-refractivity contribution in [3.63, 3.8) is 0 Å². The molecular formula is C104H64N8. The largest absolute Gasteiger partial charge is 0.294 e. The predicted octanol–water partition coefficient (Wildman–Crippen LogP) is 26.6. The molecule has 0 fully saturated rings. The highest BCUT2D eigenvalue weighted by molar-refractivity contribution is 6.14. The van der Waals surface area contributed by atoms with Crippen molar-refractivity contribution in [2.75, 3.05) is 0 Å². The summed E-state index contributed by atoms with van der Waals surface area (Å²) in [4.78, 5) is 20.0. The smallest absolute Gasteiger partial charge is 0.145 e. The zero-order chi connectivity index (χ0) is 73.5. The molecule has 8 heteroatoms. The van der Waals surface area contributed by atoms with Crippen LogP contribution in [-0.4, -0.2) is 38.2 Å². The average molecular weight is 1430 g/mol. The Bertz CT molecular complexity index is 7130. The van der Waals surface area contributed by atoms with Crippen molar-refractivity contribution >= 4 is 87.7 Å². The molecule has 0 saturated heterocycles. The van der Waals surface area contributed by atoms with Crippen LogP contribution < -0.4 is 0 Å². The number of fused-ring (bicyclic) bond motifs is 28. The molecule has 8 nitrogen and oxygen atoms in total. The van der Waals surface area contributed by atoms with Crippen molar-refractivity contribution in [2.24, 2.45) is 0 Å². The number of nitrogens with zero attached hydrogens (tertiary/aromatic N) is 8. The third-order valence-corrected chi connectivity index (χ3v) is 23.2. The molecule has 0 unspecified atom stereocenters. The molecule has 112 heavy (non-hydrogen) atoms. The van der Waals surface area contributed by atoms with Crippen LogP contribution in [0.1, 0.15) is 0 Å². The van der Waals surface area contributed by atoms with E-state index in [4.69, 9.17) is 19.9 Å². The first kappa shape index (κ1) is 63.0. The molecule has 0 amide bonds. The summed E-state index contributed by atoms with van der Waals surface area (Å²) in [5.74, 6) is 0. The second-order valence-corrected chi connectivity index (χ2v) is 29.1. The monoisotopic (exact) mass is 1420 g/mol. The standard InChI is InChI=1S/2C52H32N4/c1-2-15-38-37(14-1)39-16-3-4-17-41(39)45-23-11-22-36(50(45)44-21-6-5-18-40(38)44)33-30-34(55-48-26-9-7-19-42(48)46-24-12-28-53-51(46)55)32-35(31-33)56-49-27-10-8-20-43(49)47-25-13-29-54-52(47)56;1-2-14-38-37(13-1)39-15-3-4-17-41(39)43-26-25-33(31-48(43)42-18-6-5-16-40(38)42)34-29-35(55-49-23-9-7-19-44(49)46-21-11-27-53-51(46)55)32-36(30-34)56-50-24-10-8-20-45(50)47-22-12-28-54-52(47)56/h2*1-32H. The molecular weight excluding hydrogens is 1360 g/mol. The SMILES string of the molecule is c1ccc2c(c1)-c1ccccc1-c1ccc(-c3cc(-n4c5ccccc5c5cccnc54)cc(-n4c5ccccc5c5cccnc54)c3)cc1-c1ccccc1-2.c1ccc2c(c1)-c1ccccc1-c1cccc(-c3cc(-n4c5ccccc5c5cccnc54)cc(-n4c5ccccc5c5cccnc54)c3)c1-c1ccccc1-2. The maximum atomic E-state index is 5.00. The summed E-state index contributed by atoms with van der Waals surface area (Å²) in [5.41, 5.74) is 36.5. The number of aromatic nitrogens is 8. The molecule has 8 heterocycles. The minimum atomic E-state index is 0.927. The van der Waals surface area contributed by atoms with E-state index in [1.165, 1.54) is 111 Å². The second kappa shape index (κ2) is 25.3. The fourth-order valence-corrected chi connectivity index (χ4v) is 18.4. The highest BCUT2D eigenvalue weighted by Crippen LogP contribution is 2.53. The van der Waals surface area contributed by atoms with Gasteiger partial charge in [-0.15, -0.1) is 0 Å². The predicted molar refractivity (Wildman–Crippen MR) is 463 cm³/mol. The fraction of sp³-hybridized carbons (Fsp3) is 0. The minimum absolute atomic E-state index is 0.927. The van der Waals surface area contributed by atoms with Crippen LogP contribution in [0.15, 0.2) is 389 Å². The Kier molecular flexibility index (Phi) is 14.2. The van der Waals surface area contributed by atoms with Gasteiger partial charge in [0.25, 0.3) is 0 Å². The van der Waals surface area contributed by atoms with Crippen molar-refractivity contribution in [2.45, 2.75) is 0 Å². The molecule has 0 bridgehead atoms. The van der Waals surface area contributed by atoms with Gasteiger partial charge in [0.05, 0.1) is 44.8 Å². The Morgan fingerprint density at radius 2 is 0.402 bits per heavy atom. The van der Waals surface area contributed by atoms with Crippen molar-refractivity contribution in [1.82, 2.24) is 38.2 Å². The maximum Gasteiger partial charge on any atom is 0.145 e. The van der Waals surface area contributed by atoms with E-state index in [-0.39, 0.29) is 0 Å². The van der Waals surface area contributed by atoms with Gasteiger partial charge in [-0.05, 0) is 227 Å². The van der Waals surface area contributed by atoms with Crippen LogP contribution in [0.2, 0.25) is 0 Å². The van der Waals surface area contributed by atoms with Crippen LogP contribution in [0.5, 0.6) is 0 Å². The van der Waals surface area contributed by atoms with Gasteiger partial charge < -0.3 is 0 Å². The van der Waals surface area contributed by atoms with Crippen molar-refractivity contribution < 1.29 is 0 Å². The Balaban J connectivity index is 0.000000134. The first-order valence-electron chi connectivity index (χ1n) is 38.2. The maximum absolute atomic E-state index is 5.00. The number of para-hydroxylation sites is 4. The molecule has 520 valence electrons. The molecule has 0 radical (unpaired) electrons. The lowest BCUT2D eigenvalue weighted by Crippen LogP contribution is -2.02. The van der Waals surface area contributed by atoms with Gasteiger partial charge in [0, 0.05) is 67.9 Å². The Morgan fingerprint density at radius 1 is 0.152 bits per heavy atom. The van der Waals surface area contributed by atoms with Crippen LogP contribution in [-0.2, 0) is 0 Å². The van der Waals surface area contributed by atoms with Gasteiger partial charge in [-0.25, -0.2) is 19.9 Å². The lowest BCUT2D eigenvalue weighted by Gasteiger charge is -2.25. The highest BCUT2D eigenvalue weighted by atomic mass is 15.1. The van der Waals surface area contributed by atoms with E-state index in [9.17, 15) is 0 Å². The first-order valence-corrected chi connectivity index (χ1v) is 38.2. The minimum Gasteiger partial charge on any atom is -0.294 e. The second-order valence-electron chi connectivity index (χ2n) is 29.1. The van der Waals surface area contributed by atoms with Crippen molar-refractivity contribution in [3.8, 4) is 134 Å². The van der Waals surface area contributed by atoms with Crippen LogP contribution in [0.25, 0.3) is 222 Å². The lowest BCUT2D eigenvalue weighted by molar-refractivity contribution is 1.10. The molecule has 24 rings (SSSR count). The van der Waals surface area contributed by atoms with Crippen LogP contribution in [0.3, 0.4) is 0 Å². The third kappa shape index (κ3) is 9.68. The average Bonchev–Trinajstić information content (AvgIpc) is 1.26. The van der Waals surface area contributed by atoms with Gasteiger partial charge in [0.1, 0.15) is 22.6 Å². The van der Waals surface area contributed by atoms with Gasteiger partial charge in [-0.3, -0.25) is 18.3 Å². The van der Waals surface area contributed by atoms with E-state index >= 15 is 0 Å². The summed E-state index contributed by atoms with van der Waals surface area (Å²) in [7, 11) is 0. The normalized spacial score (nSPS) is 11.9. The molecule has 14 aromatic carbocycles. The lowest BCUT2D eigenvalue weighted by atomic mass is 9.78. The zero-order valence-electron chi connectivity index (χ0n) is 60.5. The van der Waals surface area contributed by atoms with Crippen molar-refractivity contribution in [3.05, 3.63) is 389 Å². The van der Waals surface area contributed by atoms with Crippen LogP contribution >= 0.6 is 0 Å². The number of benzene rings is 14. The number of hydrogen-bond acceptors (Lipinski definition) is 4. The molecule has 0 spiro atoms. The topological polar surface area (TPSA) is 71.3 Å². The van der Waals surface area contributed by atoms with E-state index in [2.05, 4.69) is 358 Å². The summed E-state index contributed by atoms with van der Waals surface area (Å²) >= 11 is 0. The van der Waals surface area contributed by atoms with E-state index < -0.39 is 0 Å². The van der Waals surface area contributed by atoms with Gasteiger partial charge >= 0.3 is 0 Å². The zero-order valence-corrected chi connectivity index (χ0v) is 60.5. The summed E-state index contributed by atoms with van der Waals surface area (Å²) in [6, 6.07) is 132. The number of pyridine rings is 4. The molecule has 2 aliphatic rings. The Morgan fingerprint density at radius 3 is 0.750 bits per heavy atom.